The van der Waals surface area contributed by atoms with E-state index >= 15 is 4.39 Å². The highest BCUT2D eigenvalue weighted by molar-refractivity contribution is 5.94. The summed E-state index contributed by atoms with van der Waals surface area (Å²) in [5.41, 5.74) is -3.74. The van der Waals surface area contributed by atoms with Crippen LogP contribution in [0.2, 0.25) is 0 Å². The number of fused-ring (bicyclic) bond motifs is 8. The van der Waals surface area contributed by atoms with Crippen LogP contribution >= 0.6 is 0 Å². The average molecular weight is 534 g/mol. The first-order chi connectivity index (χ1) is 18.6. The van der Waals surface area contributed by atoms with Gasteiger partial charge in [-0.3, -0.25) is 9.59 Å². The number of carbonyl (C=O) groups excluding carboxylic acids is 2. The lowest BCUT2D eigenvalue weighted by atomic mass is 9.45. The van der Waals surface area contributed by atoms with Crippen molar-refractivity contribution in [2.45, 2.75) is 69.3 Å². The van der Waals surface area contributed by atoms with Crippen molar-refractivity contribution >= 4 is 22.5 Å². The lowest BCUT2D eigenvalue weighted by Gasteiger charge is -2.62. The van der Waals surface area contributed by atoms with Crippen LogP contribution in [0.1, 0.15) is 51.5 Å². The summed E-state index contributed by atoms with van der Waals surface area (Å²) in [6.07, 6.45) is 2.67. The van der Waals surface area contributed by atoms with Gasteiger partial charge in [-0.2, -0.15) is 0 Å². The van der Waals surface area contributed by atoms with E-state index in [0.717, 1.165) is 10.9 Å². The Morgan fingerprint density at radius 3 is 2.77 bits per heavy atom. The molecule has 7 rings (SSSR count). The first-order valence-corrected chi connectivity index (χ1v) is 13.7. The molecule has 5 aliphatic rings. The number of pyridine rings is 1. The highest BCUT2D eigenvalue weighted by Crippen LogP contribution is 2.72. The number of benzene rings is 1. The fourth-order valence-electron chi connectivity index (χ4n) is 8.82. The second kappa shape index (κ2) is 8.13. The number of nitrogens with zero attached hydrogens (tertiary/aromatic N) is 1. The Hall–Kier alpha value is -2.78. The van der Waals surface area contributed by atoms with Crippen molar-refractivity contribution in [3.8, 4) is 0 Å². The van der Waals surface area contributed by atoms with Crippen LogP contribution < -0.4 is 0 Å². The van der Waals surface area contributed by atoms with Crippen LogP contribution in [0.4, 0.5) is 4.39 Å². The number of ether oxygens (including phenoxy) is 2. The van der Waals surface area contributed by atoms with Gasteiger partial charge in [0.2, 0.25) is 6.29 Å². The van der Waals surface area contributed by atoms with Crippen molar-refractivity contribution in [2.75, 3.05) is 6.61 Å². The van der Waals surface area contributed by atoms with Gasteiger partial charge in [0, 0.05) is 28.6 Å². The zero-order chi connectivity index (χ0) is 27.4. The summed E-state index contributed by atoms with van der Waals surface area (Å²) < 4.78 is 30.4. The van der Waals surface area contributed by atoms with Gasteiger partial charge in [-0.15, -0.1) is 0 Å². The van der Waals surface area contributed by atoms with Gasteiger partial charge >= 0.3 is 0 Å². The molecule has 2 heterocycles. The van der Waals surface area contributed by atoms with E-state index in [2.05, 4.69) is 0 Å². The normalized spacial score (nSPS) is 44.4. The molecule has 4 aliphatic carbocycles. The van der Waals surface area contributed by atoms with Crippen molar-refractivity contribution in [2.24, 2.45) is 22.7 Å². The summed E-state index contributed by atoms with van der Waals surface area (Å²) >= 11 is 0. The van der Waals surface area contributed by atoms with Crippen LogP contribution in [0.5, 0.6) is 0 Å². The molecule has 0 radical (unpaired) electrons. The quantitative estimate of drug-likeness (QED) is 0.576. The highest BCUT2D eigenvalue weighted by Gasteiger charge is 2.79. The van der Waals surface area contributed by atoms with E-state index in [9.17, 15) is 19.8 Å². The number of hydrogen-bond acceptors (Lipinski definition) is 7. The maximum Gasteiger partial charge on any atom is 0.202 e. The predicted octanol–water partition coefficient (Wildman–Crippen LogP) is 3.93. The van der Waals surface area contributed by atoms with Gasteiger partial charge in [-0.25, -0.2) is 9.37 Å². The lowest BCUT2D eigenvalue weighted by molar-refractivity contribution is -0.228. The van der Waals surface area contributed by atoms with E-state index in [4.69, 9.17) is 14.5 Å². The molecule has 3 fully saturated rings. The van der Waals surface area contributed by atoms with Crippen LogP contribution in [0.3, 0.4) is 0 Å². The summed E-state index contributed by atoms with van der Waals surface area (Å²) in [6.45, 7) is 2.88. The van der Waals surface area contributed by atoms with Crippen LogP contribution in [-0.2, 0) is 19.1 Å². The number of ketones is 2. The van der Waals surface area contributed by atoms with Crippen molar-refractivity contribution in [1.29, 1.82) is 0 Å². The van der Waals surface area contributed by atoms with Crippen molar-refractivity contribution in [1.82, 2.24) is 4.98 Å². The molecule has 1 saturated heterocycles. The standard InChI is InChI=1S/C31H32FNO6/c1-28-12-11-19(35)13-18(28)8-9-20-21-14-26-31(25(37)16-34,29(21,2)15-24(36)30(20,28)32)39-27(38-26)23-10-7-17-5-3-4-6-22(17)33-23/h3-8,10-12,20-21,24,26-27,34,36H,9,13-16H2,1-2H3/t20-,21-,24-,26+,27?,28-,29-,30-,31+/m0/s1. The van der Waals surface area contributed by atoms with Gasteiger partial charge in [-0.1, -0.05) is 48.9 Å². The van der Waals surface area contributed by atoms with Crippen molar-refractivity contribution < 1.29 is 33.7 Å². The van der Waals surface area contributed by atoms with Crippen LogP contribution in [0.15, 0.2) is 60.2 Å². The number of para-hydroxylation sites is 1. The molecule has 0 spiro atoms. The van der Waals surface area contributed by atoms with E-state index in [-0.39, 0.29) is 24.5 Å². The van der Waals surface area contributed by atoms with Gasteiger partial charge < -0.3 is 19.7 Å². The Labute approximate surface area is 225 Å². The molecule has 0 bridgehead atoms. The Kier molecular flexibility index (Phi) is 5.25. The average Bonchev–Trinajstić information content (AvgIpc) is 3.42. The number of Topliss-reactive ketones (excluding diaryl/α,β-unsaturated/α-hetero) is 1. The number of rotatable bonds is 3. The molecule has 0 amide bonds. The molecule has 1 aromatic heterocycles. The number of aliphatic hydroxyl groups is 2. The van der Waals surface area contributed by atoms with Gasteiger partial charge in [0.25, 0.3) is 0 Å². The van der Waals surface area contributed by atoms with Gasteiger partial charge in [-0.05, 0) is 50.3 Å². The second-order valence-electron chi connectivity index (χ2n) is 12.3. The van der Waals surface area contributed by atoms with Gasteiger partial charge in [0.15, 0.2) is 22.8 Å². The summed E-state index contributed by atoms with van der Waals surface area (Å²) in [5, 5.41) is 22.7. The molecule has 2 saturated carbocycles. The molecule has 8 heteroatoms. The smallest absolute Gasteiger partial charge is 0.202 e. The number of allylic oxidation sites excluding steroid dienone is 4. The molecular formula is C31H32FNO6. The fourth-order valence-corrected chi connectivity index (χ4v) is 8.82. The molecule has 7 nitrogen and oxygen atoms in total. The minimum atomic E-state index is -2.03. The minimum absolute atomic E-state index is 0.0429. The summed E-state index contributed by atoms with van der Waals surface area (Å²) in [7, 11) is 0. The maximum atomic E-state index is 17.5. The van der Waals surface area contributed by atoms with Crippen LogP contribution in [-0.4, -0.2) is 56.8 Å². The third-order valence-electron chi connectivity index (χ3n) is 10.8. The number of carbonyl (C=O) groups is 2. The molecule has 1 aromatic carbocycles. The molecule has 1 unspecified atom stereocenters. The Bertz CT molecular complexity index is 1470. The lowest BCUT2D eigenvalue weighted by Crippen LogP contribution is -2.69. The highest BCUT2D eigenvalue weighted by atomic mass is 19.1. The first kappa shape index (κ1) is 25.2. The van der Waals surface area contributed by atoms with Gasteiger partial charge in [0.05, 0.1) is 23.4 Å². The number of aliphatic hydroxyl groups excluding tert-OH is 2. The molecule has 204 valence electrons. The van der Waals surface area contributed by atoms with E-state index in [0.29, 0.717) is 24.1 Å². The molecule has 2 aromatic rings. The second-order valence-corrected chi connectivity index (χ2v) is 12.3. The predicted molar refractivity (Wildman–Crippen MR) is 139 cm³/mol. The van der Waals surface area contributed by atoms with Crippen LogP contribution in [0.25, 0.3) is 10.9 Å². The van der Waals surface area contributed by atoms with E-state index in [1.54, 1.807) is 19.1 Å². The van der Waals surface area contributed by atoms with E-state index in [1.807, 2.05) is 43.3 Å². The Morgan fingerprint density at radius 1 is 1.18 bits per heavy atom. The topological polar surface area (TPSA) is 106 Å². The third-order valence-corrected chi connectivity index (χ3v) is 10.8. The molecule has 2 N–H and O–H groups in total. The van der Waals surface area contributed by atoms with Crippen molar-refractivity contribution in [3.63, 3.8) is 0 Å². The van der Waals surface area contributed by atoms with Gasteiger partial charge in [0.1, 0.15) is 6.61 Å². The summed E-state index contributed by atoms with van der Waals surface area (Å²) in [4.78, 5) is 30.5. The Morgan fingerprint density at radius 2 is 1.97 bits per heavy atom. The Balaban J connectivity index is 1.30. The number of aromatic nitrogens is 1. The first-order valence-electron chi connectivity index (χ1n) is 13.7. The summed E-state index contributed by atoms with van der Waals surface area (Å²) in [5.74, 6) is -1.59. The van der Waals surface area contributed by atoms with Crippen LogP contribution in [0, 0.1) is 22.7 Å². The number of halogens is 1. The zero-order valence-electron chi connectivity index (χ0n) is 22.0. The molecule has 1 aliphatic heterocycles. The maximum absolute atomic E-state index is 17.5. The number of hydrogen-bond donors (Lipinski definition) is 2. The molecule has 9 atom stereocenters. The largest absolute Gasteiger partial charge is 0.390 e. The monoisotopic (exact) mass is 533 g/mol. The summed E-state index contributed by atoms with van der Waals surface area (Å²) in [6, 6.07) is 11.4. The number of alkyl halides is 1. The minimum Gasteiger partial charge on any atom is -0.390 e. The van der Waals surface area contributed by atoms with Crippen molar-refractivity contribution in [3.05, 3.63) is 65.9 Å². The molecule has 39 heavy (non-hydrogen) atoms. The van der Waals surface area contributed by atoms with E-state index in [1.165, 1.54) is 6.08 Å². The zero-order valence-corrected chi connectivity index (χ0v) is 22.0. The molecular weight excluding hydrogens is 501 g/mol. The third kappa shape index (κ3) is 2.98. The SMILES string of the molecule is C[C@]12C=CC(=O)CC1=CC[C@H]1[C@@H]3C[C@H]4OC(c5ccc6ccccc6n5)O[C@@]4(C(=O)CO)[C@@]3(C)C[C@H](O)[C@@]12F. The van der Waals surface area contributed by atoms with E-state index < -0.39 is 58.9 Å². The fraction of sp³-hybridized carbons (Fsp3) is 0.516.